The van der Waals surface area contributed by atoms with Crippen LogP contribution in [0.15, 0.2) is 18.3 Å². The maximum atomic E-state index is 5.33. The van der Waals surface area contributed by atoms with Gasteiger partial charge in [0.1, 0.15) is 0 Å². The highest BCUT2D eigenvalue weighted by atomic mass is 16.5. The van der Waals surface area contributed by atoms with Gasteiger partial charge in [0.05, 0.1) is 7.11 Å². The molecule has 1 aliphatic rings. The van der Waals surface area contributed by atoms with E-state index in [2.05, 4.69) is 28.2 Å². The Morgan fingerprint density at radius 1 is 1.58 bits per heavy atom. The van der Waals surface area contributed by atoms with Crippen molar-refractivity contribution in [3.8, 4) is 5.88 Å². The molecule has 2 rings (SSSR count). The highest BCUT2D eigenvalue weighted by Gasteiger charge is 2.24. The van der Waals surface area contributed by atoms with Crippen molar-refractivity contribution in [1.29, 1.82) is 0 Å². The van der Waals surface area contributed by atoms with E-state index in [0.717, 1.165) is 24.9 Å². The van der Waals surface area contributed by atoms with E-state index in [-0.39, 0.29) is 0 Å². The smallest absolute Gasteiger partial charge is 0.217 e. The summed E-state index contributed by atoms with van der Waals surface area (Å²) in [5.74, 6) is 1.49. The monoisotopic (exact) mass is 263 g/mol. The molecule has 0 bridgehead atoms. The number of hydrogen-bond donors (Lipinski definition) is 1. The lowest BCUT2D eigenvalue weighted by molar-refractivity contribution is 0.145. The molecule has 2 heterocycles. The Labute approximate surface area is 116 Å². The van der Waals surface area contributed by atoms with Crippen LogP contribution in [0, 0.1) is 5.92 Å². The van der Waals surface area contributed by atoms with E-state index >= 15 is 0 Å². The Morgan fingerprint density at radius 2 is 2.42 bits per heavy atom. The molecule has 4 nitrogen and oxygen atoms in total. The van der Waals surface area contributed by atoms with Gasteiger partial charge in [-0.05, 0) is 45.3 Å². The summed E-state index contributed by atoms with van der Waals surface area (Å²) in [6.07, 6.45) is 4.38. The average molecular weight is 263 g/mol. The topological polar surface area (TPSA) is 37.4 Å². The molecular weight excluding hydrogens is 238 g/mol. The quantitative estimate of drug-likeness (QED) is 0.880. The molecule has 0 aromatic carbocycles. The molecule has 19 heavy (non-hydrogen) atoms. The van der Waals surface area contributed by atoms with Crippen LogP contribution in [0.4, 0.5) is 0 Å². The van der Waals surface area contributed by atoms with Gasteiger partial charge in [-0.1, -0.05) is 6.07 Å². The number of nitrogens with zero attached hydrogens (tertiary/aromatic N) is 2. The van der Waals surface area contributed by atoms with Gasteiger partial charge in [-0.2, -0.15) is 0 Å². The molecule has 0 spiro atoms. The van der Waals surface area contributed by atoms with Gasteiger partial charge in [-0.3, -0.25) is 4.90 Å². The van der Waals surface area contributed by atoms with Crippen LogP contribution in [-0.2, 0) is 6.54 Å². The second-order valence-corrected chi connectivity index (χ2v) is 5.39. The third-order valence-electron chi connectivity index (χ3n) is 4.14. The summed E-state index contributed by atoms with van der Waals surface area (Å²) in [6, 6.07) is 4.67. The molecule has 0 radical (unpaired) electrons. The van der Waals surface area contributed by atoms with Crippen LogP contribution in [0.5, 0.6) is 5.88 Å². The van der Waals surface area contributed by atoms with E-state index in [4.69, 9.17) is 4.74 Å². The first-order valence-electron chi connectivity index (χ1n) is 7.12. The molecule has 4 heteroatoms. The predicted octanol–water partition coefficient (Wildman–Crippen LogP) is 1.91. The molecule has 1 N–H and O–H groups in total. The van der Waals surface area contributed by atoms with Gasteiger partial charge in [-0.25, -0.2) is 4.98 Å². The Balaban J connectivity index is 1.98. The van der Waals surface area contributed by atoms with Gasteiger partial charge in [-0.15, -0.1) is 0 Å². The third kappa shape index (κ3) is 3.67. The molecule has 2 atom stereocenters. The Morgan fingerprint density at radius 3 is 3.16 bits per heavy atom. The van der Waals surface area contributed by atoms with Gasteiger partial charge >= 0.3 is 0 Å². The summed E-state index contributed by atoms with van der Waals surface area (Å²) in [6.45, 7) is 5.54. The zero-order valence-corrected chi connectivity index (χ0v) is 12.2. The molecule has 0 amide bonds. The highest BCUT2D eigenvalue weighted by Crippen LogP contribution is 2.23. The van der Waals surface area contributed by atoms with Gasteiger partial charge in [0.15, 0.2) is 0 Å². The molecule has 2 unspecified atom stereocenters. The van der Waals surface area contributed by atoms with E-state index in [0.29, 0.717) is 6.04 Å². The van der Waals surface area contributed by atoms with Crippen LogP contribution in [0.1, 0.15) is 25.3 Å². The Bertz CT molecular complexity index is 397. The molecule has 1 aliphatic heterocycles. The lowest BCUT2D eigenvalue weighted by atomic mass is 9.91. The Kier molecular flexibility index (Phi) is 5.16. The van der Waals surface area contributed by atoms with Gasteiger partial charge in [0.2, 0.25) is 5.88 Å². The van der Waals surface area contributed by atoms with Crippen molar-refractivity contribution in [2.24, 2.45) is 5.92 Å². The average Bonchev–Trinajstić information content (AvgIpc) is 2.47. The number of ether oxygens (including phenoxy) is 1. The number of hydrogen-bond acceptors (Lipinski definition) is 4. The summed E-state index contributed by atoms with van der Waals surface area (Å²) >= 11 is 0. The maximum Gasteiger partial charge on any atom is 0.217 e. The minimum absolute atomic E-state index is 0.582. The van der Waals surface area contributed by atoms with Crippen molar-refractivity contribution in [1.82, 2.24) is 15.2 Å². The second kappa shape index (κ2) is 6.87. The van der Waals surface area contributed by atoms with Crippen molar-refractivity contribution in [3.05, 3.63) is 23.9 Å². The second-order valence-electron chi connectivity index (χ2n) is 5.39. The Hall–Kier alpha value is -1.13. The van der Waals surface area contributed by atoms with Crippen LogP contribution in [0.25, 0.3) is 0 Å². The summed E-state index contributed by atoms with van der Waals surface area (Å²) in [7, 11) is 3.74. The van der Waals surface area contributed by atoms with Gasteiger partial charge in [0.25, 0.3) is 0 Å². The summed E-state index contributed by atoms with van der Waals surface area (Å²) in [4.78, 5) is 6.79. The number of methoxy groups -OCH3 is 1. The molecular formula is C15H25N3O. The van der Waals surface area contributed by atoms with Crippen molar-refractivity contribution < 1.29 is 4.74 Å². The van der Waals surface area contributed by atoms with Gasteiger partial charge < -0.3 is 10.1 Å². The standard InChI is InChI=1S/C15H25N3O/c1-12(16-2)13-7-5-9-18(10-13)11-14-6-4-8-17-15(14)19-3/h4,6,8,12-13,16H,5,7,9-11H2,1-3H3. The molecule has 0 saturated carbocycles. The first-order valence-corrected chi connectivity index (χ1v) is 7.12. The maximum absolute atomic E-state index is 5.33. The van der Waals surface area contributed by atoms with Crippen LogP contribution < -0.4 is 10.1 Å². The number of piperidine rings is 1. The SMILES string of the molecule is CNC(C)C1CCCN(Cc2cccnc2OC)C1. The summed E-state index contributed by atoms with van der Waals surface area (Å²) in [5.41, 5.74) is 1.18. The van der Waals surface area contributed by atoms with E-state index in [9.17, 15) is 0 Å². The number of aromatic nitrogens is 1. The largest absolute Gasteiger partial charge is 0.481 e. The number of rotatable bonds is 5. The van der Waals surface area contributed by atoms with Gasteiger partial charge in [0, 0.05) is 30.9 Å². The minimum Gasteiger partial charge on any atom is -0.481 e. The minimum atomic E-state index is 0.582. The number of pyridine rings is 1. The predicted molar refractivity (Wildman–Crippen MR) is 77.3 cm³/mol. The van der Waals surface area contributed by atoms with E-state index in [1.807, 2.05) is 13.1 Å². The summed E-state index contributed by atoms with van der Waals surface area (Å²) < 4.78 is 5.33. The lowest BCUT2D eigenvalue weighted by Gasteiger charge is -2.35. The molecule has 106 valence electrons. The van der Waals surface area contributed by atoms with Crippen molar-refractivity contribution >= 4 is 0 Å². The van der Waals surface area contributed by atoms with Crippen LogP contribution >= 0.6 is 0 Å². The molecule has 1 aromatic heterocycles. The van der Waals surface area contributed by atoms with E-state index in [1.54, 1.807) is 13.3 Å². The molecule has 1 saturated heterocycles. The fourth-order valence-electron chi connectivity index (χ4n) is 2.85. The fraction of sp³-hybridized carbons (Fsp3) is 0.667. The zero-order valence-electron chi connectivity index (χ0n) is 12.2. The highest BCUT2D eigenvalue weighted by molar-refractivity contribution is 5.25. The summed E-state index contributed by atoms with van der Waals surface area (Å²) in [5, 5.41) is 3.38. The lowest BCUT2D eigenvalue weighted by Crippen LogP contribution is -2.43. The van der Waals surface area contributed by atoms with Crippen LogP contribution in [0.2, 0.25) is 0 Å². The van der Waals surface area contributed by atoms with Crippen LogP contribution in [-0.4, -0.2) is 43.2 Å². The molecule has 1 aromatic rings. The molecule has 0 aliphatic carbocycles. The van der Waals surface area contributed by atoms with Crippen molar-refractivity contribution in [2.45, 2.75) is 32.4 Å². The normalized spacial score (nSPS) is 22.2. The molecule has 1 fully saturated rings. The van der Waals surface area contributed by atoms with Crippen molar-refractivity contribution in [3.63, 3.8) is 0 Å². The first-order chi connectivity index (χ1) is 9.24. The fourth-order valence-corrected chi connectivity index (χ4v) is 2.85. The van der Waals surface area contributed by atoms with E-state index < -0.39 is 0 Å². The number of nitrogens with one attached hydrogen (secondary N) is 1. The third-order valence-corrected chi connectivity index (χ3v) is 4.14. The first kappa shape index (κ1) is 14.3. The van der Waals surface area contributed by atoms with Crippen molar-refractivity contribution in [2.75, 3.05) is 27.2 Å². The van der Waals surface area contributed by atoms with E-state index in [1.165, 1.54) is 24.9 Å². The van der Waals surface area contributed by atoms with Crippen LogP contribution in [0.3, 0.4) is 0 Å². The number of likely N-dealkylation sites (tertiary alicyclic amines) is 1. The zero-order chi connectivity index (χ0) is 13.7.